The molecule has 2 rings (SSSR count). The Labute approximate surface area is 132 Å². The third kappa shape index (κ3) is 3.65. The Bertz CT molecular complexity index is 599. The Hall–Kier alpha value is -0.700. The van der Waals surface area contributed by atoms with E-state index >= 15 is 0 Å². The maximum atomic E-state index is 6.22. The van der Waals surface area contributed by atoms with Crippen LogP contribution in [0, 0.1) is 6.92 Å². The molecule has 0 aliphatic carbocycles. The van der Waals surface area contributed by atoms with Crippen LogP contribution in [0.25, 0.3) is 0 Å². The number of anilines is 1. The lowest BCUT2D eigenvalue weighted by molar-refractivity contribution is 0.883. The van der Waals surface area contributed by atoms with Crippen molar-refractivity contribution in [1.82, 2.24) is 0 Å². The van der Waals surface area contributed by atoms with Crippen molar-refractivity contribution in [3.05, 3.63) is 62.0 Å². The Kier molecular flexibility index (Phi) is 4.77. The normalized spacial score (nSPS) is 12.3. The van der Waals surface area contributed by atoms with Crippen LogP contribution < -0.4 is 5.32 Å². The zero-order valence-corrected chi connectivity index (χ0v) is 13.8. The van der Waals surface area contributed by atoms with Gasteiger partial charge in [-0.25, -0.2) is 0 Å². The molecular formula is C15H14BrCl2N. The molecule has 1 nitrogen and oxygen atoms in total. The molecule has 4 heteroatoms. The van der Waals surface area contributed by atoms with Crippen LogP contribution in [0.5, 0.6) is 0 Å². The van der Waals surface area contributed by atoms with Gasteiger partial charge in [0.05, 0.1) is 6.04 Å². The van der Waals surface area contributed by atoms with Gasteiger partial charge < -0.3 is 5.32 Å². The molecule has 100 valence electrons. The Morgan fingerprint density at radius 2 is 1.84 bits per heavy atom. The van der Waals surface area contributed by atoms with Gasteiger partial charge in [0.15, 0.2) is 0 Å². The highest BCUT2D eigenvalue weighted by atomic mass is 79.9. The number of halogens is 3. The first-order chi connectivity index (χ1) is 8.97. The molecule has 0 radical (unpaired) electrons. The van der Waals surface area contributed by atoms with Gasteiger partial charge in [-0.1, -0.05) is 45.2 Å². The van der Waals surface area contributed by atoms with Crippen molar-refractivity contribution in [1.29, 1.82) is 0 Å². The summed E-state index contributed by atoms with van der Waals surface area (Å²) in [5, 5.41) is 4.88. The van der Waals surface area contributed by atoms with Crippen LogP contribution in [0.1, 0.15) is 24.1 Å². The summed E-state index contributed by atoms with van der Waals surface area (Å²) in [5.41, 5.74) is 3.26. The Balaban J connectivity index is 2.27. The summed E-state index contributed by atoms with van der Waals surface area (Å²) in [6.45, 7) is 4.14. The highest BCUT2D eigenvalue weighted by Gasteiger charge is 2.11. The molecule has 2 aromatic carbocycles. The zero-order valence-electron chi connectivity index (χ0n) is 10.7. The lowest BCUT2D eigenvalue weighted by Crippen LogP contribution is -2.08. The second kappa shape index (κ2) is 6.17. The summed E-state index contributed by atoms with van der Waals surface area (Å²) in [4.78, 5) is 0. The van der Waals surface area contributed by atoms with E-state index in [1.807, 2.05) is 18.2 Å². The molecule has 0 aliphatic rings. The summed E-state index contributed by atoms with van der Waals surface area (Å²) in [5.74, 6) is 0. The Morgan fingerprint density at radius 3 is 2.58 bits per heavy atom. The first-order valence-electron chi connectivity index (χ1n) is 5.95. The fourth-order valence-electron chi connectivity index (χ4n) is 1.91. The van der Waals surface area contributed by atoms with Crippen LogP contribution in [-0.4, -0.2) is 0 Å². The number of aryl methyl sites for hydroxylation is 1. The van der Waals surface area contributed by atoms with E-state index < -0.39 is 0 Å². The molecule has 0 saturated heterocycles. The highest BCUT2D eigenvalue weighted by molar-refractivity contribution is 9.10. The number of hydrogen-bond acceptors (Lipinski definition) is 1. The summed E-state index contributed by atoms with van der Waals surface area (Å²) in [7, 11) is 0. The lowest BCUT2D eigenvalue weighted by atomic mass is 10.1. The van der Waals surface area contributed by atoms with Crippen LogP contribution in [0.4, 0.5) is 5.69 Å². The summed E-state index contributed by atoms with van der Waals surface area (Å²) in [6, 6.07) is 11.8. The van der Waals surface area contributed by atoms with E-state index in [4.69, 9.17) is 23.2 Å². The topological polar surface area (TPSA) is 12.0 Å². The maximum Gasteiger partial charge on any atom is 0.0501 e. The van der Waals surface area contributed by atoms with Crippen molar-refractivity contribution in [3.63, 3.8) is 0 Å². The smallest absolute Gasteiger partial charge is 0.0501 e. The third-order valence-electron chi connectivity index (χ3n) is 3.00. The number of benzene rings is 2. The minimum atomic E-state index is 0.0826. The second-order valence-corrected chi connectivity index (χ2v) is 6.25. The maximum absolute atomic E-state index is 6.22. The van der Waals surface area contributed by atoms with E-state index in [0.717, 1.165) is 20.7 Å². The standard InChI is InChI=1S/C15H14BrCl2N/c1-9-3-4-11(16)7-15(9)19-10(2)13-8-12(17)5-6-14(13)18/h3-8,10,19H,1-2H3. The highest BCUT2D eigenvalue weighted by Crippen LogP contribution is 2.30. The molecule has 0 aliphatic heterocycles. The van der Waals surface area contributed by atoms with Crippen molar-refractivity contribution in [2.75, 3.05) is 5.32 Å². The van der Waals surface area contributed by atoms with Crippen LogP contribution in [0.3, 0.4) is 0 Å². The molecule has 1 atom stereocenters. The summed E-state index contributed by atoms with van der Waals surface area (Å²) in [6.07, 6.45) is 0. The molecule has 0 saturated carbocycles. The fraction of sp³-hybridized carbons (Fsp3) is 0.200. The average Bonchev–Trinajstić information content (AvgIpc) is 2.36. The van der Waals surface area contributed by atoms with Gasteiger partial charge in [0.1, 0.15) is 0 Å². The first-order valence-corrected chi connectivity index (χ1v) is 7.50. The molecule has 1 unspecified atom stereocenters. The van der Waals surface area contributed by atoms with E-state index in [2.05, 4.69) is 47.2 Å². The number of rotatable bonds is 3. The van der Waals surface area contributed by atoms with Crippen molar-refractivity contribution >= 4 is 44.8 Å². The molecule has 0 aromatic heterocycles. The van der Waals surface area contributed by atoms with Crippen molar-refractivity contribution in [3.8, 4) is 0 Å². The second-order valence-electron chi connectivity index (χ2n) is 4.49. The van der Waals surface area contributed by atoms with Crippen molar-refractivity contribution in [2.45, 2.75) is 19.9 Å². The van der Waals surface area contributed by atoms with Gasteiger partial charge in [0, 0.05) is 20.2 Å². The quantitative estimate of drug-likeness (QED) is 0.684. The number of hydrogen-bond donors (Lipinski definition) is 1. The van der Waals surface area contributed by atoms with Crippen LogP contribution >= 0.6 is 39.1 Å². The van der Waals surface area contributed by atoms with Gasteiger partial charge in [-0.15, -0.1) is 0 Å². The van der Waals surface area contributed by atoms with Gasteiger partial charge in [0.25, 0.3) is 0 Å². The Morgan fingerprint density at radius 1 is 1.11 bits per heavy atom. The predicted octanol–water partition coefficient (Wildman–Crippen LogP) is 6.24. The van der Waals surface area contributed by atoms with E-state index in [0.29, 0.717) is 5.02 Å². The fourth-order valence-corrected chi connectivity index (χ4v) is 2.73. The van der Waals surface area contributed by atoms with E-state index in [9.17, 15) is 0 Å². The van der Waals surface area contributed by atoms with Gasteiger partial charge in [-0.3, -0.25) is 0 Å². The molecule has 0 spiro atoms. The van der Waals surface area contributed by atoms with E-state index in [1.54, 1.807) is 6.07 Å². The molecule has 1 N–H and O–H groups in total. The molecular weight excluding hydrogens is 345 g/mol. The molecule has 0 amide bonds. The minimum Gasteiger partial charge on any atom is -0.378 e. The van der Waals surface area contributed by atoms with Crippen LogP contribution in [0.15, 0.2) is 40.9 Å². The summed E-state index contributed by atoms with van der Waals surface area (Å²) < 4.78 is 1.05. The monoisotopic (exact) mass is 357 g/mol. The molecule has 0 heterocycles. The van der Waals surface area contributed by atoms with Crippen LogP contribution in [0.2, 0.25) is 10.0 Å². The average molecular weight is 359 g/mol. The molecule has 19 heavy (non-hydrogen) atoms. The van der Waals surface area contributed by atoms with E-state index in [1.165, 1.54) is 5.56 Å². The van der Waals surface area contributed by atoms with Crippen molar-refractivity contribution < 1.29 is 0 Å². The molecule has 0 bridgehead atoms. The zero-order chi connectivity index (χ0) is 14.0. The number of nitrogens with one attached hydrogen (secondary N) is 1. The van der Waals surface area contributed by atoms with Gasteiger partial charge in [-0.2, -0.15) is 0 Å². The molecule has 2 aromatic rings. The van der Waals surface area contributed by atoms with Crippen LogP contribution in [-0.2, 0) is 0 Å². The minimum absolute atomic E-state index is 0.0826. The lowest BCUT2D eigenvalue weighted by Gasteiger charge is -2.19. The van der Waals surface area contributed by atoms with Gasteiger partial charge in [0.2, 0.25) is 0 Å². The van der Waals surface area contributed by atoms with Gasteiger partial charge in [-0.05, 0) is 55.3 Å². The predicted molar refractivity (Wildman–Crippen MR) is 87.4 cm³/mol. The summed E-state index contributed by atoms with van der Waals surface area (Å²) >= 11 is 15.7. The SMILES string of the molecule is Cc1ccc(Br)cc1NC(C)c1cc(Cl)ccc1Cl. The van der Waals surface area contributed by atoms with Gasteiger partial charge >= 0.3 is 0 Å². The largest absolute Gasteiger partial charge is 0.378 e. The first kappa shape index (κ1) is 14.7. The van der Waals surface area contributed by atoms with Crippen molar-refractivity contribution in [2.24, 2.45) is 0 Å². The molecule has 0 fully saturated rings. The third-order valence-corrected chi connectivity index (χ3v) is 4.07. The van der Waals surface area contributed by atoms with E-state index in [-0.39, 0.29) is 6.04 Å².